The summed E-state index contributed by atoms with van der Waals surface area (Å²) in [5.41, 5.74) is 1.62. The van der Waals surface area contributed by atoms with Gasteiger partial charge in [-0.05, 0) is 74.4 Å². The molecule has 3 aliphatic rings. The number of imidazole rings is 1. The molecular formula is C36H46N4O9S. The Balaban J connectivity index is 0.00000156. The first-order valence-corrected chi connectivity index (χ1v) is 18.9. The van der Waals surface area contributed by atoms with E-state index in [-0.39, 0.29) is 47.7 Å². The van der Waals surface area contributed by atoms with E-state index in [1.807, 2.05) is 38.8 Å². The van der Waals surface area contributed by atoms with E-state index in [4.69, 9.17) is 24.1 Å². The Labute approximate surface area is 293 Å². The zero-order chi connectivity index (χ0) is 35.7. The summed E-state index contributed by atoms with van der Waals surface area (Å²) in [6.07, 6.45) is 10.1. The number of amides is 2. The number of carbonyl (C=O) groups excluding carboxylic acids is 2. The largest absolute Gasteiger partial charge is 0.493 e. The average molecular weight is 711 g/mol. The molecule has 0 aliphatic carbocycles. The number of rotatable bonds is 5. The Morgan fingerprint density at radius 2 is 1.72 bits per heavy atom. The van der Waals surface area contributed by atoms with Crippen molar-refractivity contribution in [3.05, 3.63) is 60.4 Å². The fourth-order valence-corrected chi connectivity index (χ4v) is 7.55. The van der Waals surface area contributed by atoms with Crippen LogP contribution in [-0.2, 0) is 41.9 Å². The summed E-state index contributed by atoms with van der Waals surface area (Å²) in [7, 11) is -1.71. The lowest BCUT2D eigenvalue weighted by atomic mass is 9.88. The van der Waals surface area contributed by atoms with Crippen LogP contribution >= 0.6 is 0 Å². The minimum Gasteiger partial charge on any atom is -0.493 e. The molecule has 2 amide bonds. The number of hydrogen-bond acceptors (Lipinski definition) is 9. The molecule has 0 spiro atoms. The summed E-state index contributed by atoms with van der Waals surface area (Å²) < 4.78 is 43.7. The molecule has 0 radical (unpaired) electrons. The molecule has 0 saturated carbocycles. The molecule has 4 heterocycles. The van der Waals surface area contributed by atoms with Gasteiger partial charge in [0.25, 0.3) is 6.47 Å². The van der Waals surface area contributed by atoms with Gasteiger partial charge in [-0.3, -0.25) is 14.4 Å². The van der Waals surface area contributed by atoms with Crippen LogP contribution in [0.4, 0.5) is 0 Å². The molecular weight excluding hydrogens is 664 g/mol. The smallest absolute Gasteiger partial charge is 0.290 e. The zero-order valence-electron chi connectivity index (χ0n) is 28.6. The van der Waals surface area contributed by atoms with Crippen molar-refractivity contribution < 1.29 is 42.1 Å². The molecule has 2 fully saturated rings. The van der Waals surface area contributed by atoms with E-state index >= 15 is 0 Å². The Morgan fingerprint density at radius 3 is 2.38 bits per heavy atom. The number of aromatic nitrogens is 2. The number of benzene rings is 2. The van der Waals surface area contributed by atoms with Gasteiger partial charge in [0.1, 0.15) is 5.82 Å². The normalized spacial score (nSPS) is 21.2. The van der Waals surface area contributed by atoms with Crippen LogP contribution in [0.5, 0.6) is 11.5 Å². The third kappa shape index (κ3) is 9.21. The van der Waals surface area contributed by atoms with E-state index in [1.54, 1.807) is 37.6 Å². The van der Waals surface area contributed by atoms with Crippen LogP contribution in [0.1, 0.15) is 44.1 Å². The number of hydrogen-bond donors (Lipinski definition) is 1. The van der Waals surface area contributed by atoms with Gasteiger partial charge in [-0.1, -0.05) is 12.1 Å². The van der Waals surface area contributed by atoms with E-state index in [0.717, 1.165) is 49.1 Å². The molecule has 2 saturated heterocycles. The number of carbonyl (C=O) groups is 3. The van der Waals surface area contributed by atoms with Crippen molar-refractivity contribution in [2.75, 3.05) is 46.2 Å². The van der Waals surface area contributed by atoms with Gasteiger partial charge < -0.3 is 33.7 Å². The number of methoxy groups -OCH3 is 1. The van der Waals surface area contributed by atoms with Crippen LogP contribution < -0.4 is 9.47 Å². The SMILES string of the molecule is COc1ccc2cc1OCCCN(C(=O)[C@@H]1C[C@@H]3CC[C@H]1O3)CCCCN(C(=O)Cc1ccc(S(C)(=O)=O)cc1)CCn1ccnc1-2.O=CO. The van der Waals surface area contributed by atoms with Gasteiger partial charge in [-0.2, -0.15) is 0 Å². The van der Waals surface area contributed by atoms with E-state index in [9.17, 15) is 18.0 Å². The average Bonchev–Trinajstić information content (AvgIpc) is 3.86. The fraction of sp³-hybridized carbons (Fsp3) is 0.500. The van der Waals surface area contributed by atoms with Crippen molar-refractivity contribution in [1.82, 2.24) is 19.4 Å². The third-order valence-corrected chi connectivity index (χ3v) is 10.6. The molecule has 3 aromatic rings. The number of ether oxygens (including phenoxy) is 3. The Morgan fingerprint density at radius 1 is 1.00 bits per heavy atom. The summed E-state index contributed by atoms with van der Waals surface area (Å²) >= 11 is 0. The van der Waals surface area contributed by atoms with E-state index in [1.165, 1.54) is 6.26 Å². The second-order valence-electron chi connectivity index (χ2n) is 12.8. The van der Waals surface area contributed by atoms with E-state index in [2.05, 4.69) is 4.98 Å². The second-order valence-corrected chi connectivity index (χ2v) is 14.9. The van der Waals surface area contributed by atoms with Crippen LogP contribution in [-0.4, -0.2) is 110 Å². The van der Waals surface area contributed by atoms with Gasteiger partial charge in [0.05, 0.1) is 43.2 Å². The van der Waals surface area contributed by atoms with Gasteiger partial charge in [0.15, 0.2) is 21.3 Å². The number of carboxylic acid groups (broad SMARTS) is 1. The predicted molar refractivity (Wildman–Crippen MR) is 185 cm³/mol. The van der Waals surface area contributed by atoms with Crippen LogP contribution in [0.25, 0.3) is 11.4 Å². The quantitative estimate of drug-likeness (QED) is 0.388. The molecule has 1 N–H and O–H groups in total. The number of fused-ring (bicyclic) bond motifs is 6. The maximum Gasteiger partial charge on any atom is 0.290 e. The molecule has 3 atom stereocenters. The zero-order valence-corrected chi connectivity index (χ0v) is 29.4. The van der Waals surface area contributed by atoms with Crippen LogP contribution in [0.15, 0.2) is 59.8 Å². The van der Waals surface area contributed by atoms with Gasteiger partial charge in [-0.25, -0.2) is 13.4 Å². The minimum absolute atomic E-state index is 0.0193. The lowest BCUT2D eigenvalue weighted by Crippen LogP contribution is -2.41. The number of sulfone groups is 1. The molecule has 1 aromatic heterocycles. The highest BCUT2D eigenvalue weighted by Crippen LogP contribution is 2.40. The van der Waals surface area contributed by atoms with Gasteiger partial charge >= 0.3 is 0 Å². The fourth-order valence-electron chi connectivity index (χ4n) is 6.92. The second kappa shape index (κ2) is 17.0. The van der Waals surface area contributed by atoms with Crippen LogP contribution in [0, 0.1) is 5.92 Å². The topological polar surface area (TPSA) is 158 Å². The molecule has 2 aromatic carbocycles. The monoisotopic (exact) mass is 710 g/mol. The Hall–Kier alpha value is -4.43. The molecule has 14 heteroatoms. The first-order chi connectivity index (χ1) is 24.1. The number of nitrogens with zero attached hydrogens (tertiary/aromatic N) is 4. The summed E-state index contributed by atoms with van der Waals surface area (Å²) in [6, 6.07) is 12.2. The van der Waals surface area contributed by atoms with Gasteiger partial charge in [-0.15, -0.1) is 0 Å². The van der Waals surface area contributed by atoms with Crippen molar-refractivity contribution >= 4 is 28.1 Å². The third-order valence-electron chi connectivity index (χ3n) is 9.48. The Bertz CT molecular complexity index is 1730. The maximum atomic E-state index is 13.8. The highest BCUT2D eigenvalue weighted by atomic mass is 32.2. The van der Waals surface area contributed by atoms with Crippen molar-refractivity contribution in [2.45, 2.75) is 68.6 Å². The predicted octanol–water partition coefficient (Wildman–Crippen LogP) is 3.69. The minimum atomic E-state index is -3.32. The molecule has 6 rings (SSSR count). The molecule has 0 unspecified atom stereocenters. The van der Waals surface area contributed by atoms with Gasteiger partial charge in [0.2, 0.25) is 11.8 Å². The first-order valence-electron chi connectivity index (χ1n) is 17.0. The lowest BCUT2D eigenvalue weighted by Gasteiger charge is -2.29. The van der Waals surface area contributed by atoms with E-state index in [0.29, 0.717) is 57.3 Å². The summed E-state index contributed by atoms with van der Waals surface area (Å²) in [5, 5.41) is 6.89. The summed E-state index contributed by atoms with van der Waals surface area (Å²) in [4.78, 5) is 44.5. The van der Waals surface area contributed by atoms with E-state index < -0.39 is 9.84 Å². The molecule has 50 heavy (non-hydrogen) atoms. The van der Waals surface area contributed by atoms with Crippen LogP contribution in [0.2, 0.25) is 0 Å². The van der Waals surface area contributed by atoms with Crippen molar-refractivity contribution in [3.8, 4) is 22.9 Å². The molecule has 3 aliphatic heterocycles. The Kier molecular flexibility index (Phi) is 12.5. The van der Waals surface area contributed by atoms with Crippen molar-refractivity contribution in [3.63, 3.8) is 0 Å². The summed E-state index contributed by atoms with van der Waals surface area (Å²) in [6.45, 7) is 2.90. The highest BCUT2D eigenvalue weighted by molar-refractivity contribution is 7.90. The molecule has 13 nitrogen and oxygen atoms in total. The lowest BCUT2D eigenvalue weighted by molar-refractivity contribution is -0.137. The maximum absolute atomic E-state index is 13.8. The van der Waals surface area contributed by atoms with Crippen molar-refractivity contribution in [1.29, 1.82) is 0 Å². The molecule has 270 valence electrons. The molecule has 4 bridgehead atoms. The standard InChI is InChI=1S/C35H44N4O7S.CH2O2/c1-44-31-12-8-26-23-32(31)45-21-5-17-39(35(41)29-24-27-9-13-30(29)46-27)16-4-3-15-37(19-20-38-18-14-36-34(26)38)33(40)22-25-6-10-28(11-7-25)47(2,42)43;2-1-3/h6-8,10-12,14,18,23,27,29-30H,3-5,9,13,15-17,19-22,24H2,1-2H3;1H,(H,2,3)/t27-,29+,30+;/m0./s1. The highest BCUT2D eigenvalue weighted by Gasteiger charge is 2.45. The van der Waals surface area contributed by atoms with Gasteiger partial charge in [0, 0.05) is 56.9 Å². The summed E-state index contributed by atoms with van der Waals surface area (Å²) in [5.74, 6) is 2.03. The van der Waals surface area contributed by atoms with Crippen molar-refractivity contribution in [2.24, 2.45) is 5.92 Å². The first kappa shape index (κ1) is 36.8. The van der Waals surface area contributed by atoms with Crippen LogP contribution in [0.3, 0.4) is 0 Å².